The largest absolute Gasteiger partial charge is 0.387 e. The first-order valence-corrected chi connectivity index (χ1v) is 5.69. The summed E-state index contributed by atoms with van der Waals surface area (Å²) in [5.41, 5.74) is 0.0298. The van der Waals surface area contributed by atoms with E-state index < -0.39 is 23.6 Å². The van der Waals surface area contributed by atoms with Crippen molar-refractivity contribution in [3.8, 4) is 0 Å². The van der Waals surface area contributed by atoms with Gasteiger partial charge in [0.1, 0.15) is 23.1 Å². The van der Waals surface area contributed by atoms with Crippen LogP contribution in [0, 0.1) is 17.5 Å². The fourth-order valence-corrected chi connectivity index (χ4v) is 1.70. The molecule has 0 aliphatic carbocycles. The molecular weight excluding hydrogens is 255 g/mol. The predicted molar refractivity (Wildman–Crippen MR) is 66.2 cm³/mol. The molecule has 1 unspecified atom stereocenters. The number of hydrogen-bond donors (Lipinski definition) is 2. The maximum atomic E-state index is 13.3. The van der Waals surface area contributed by atoms with Gasteiger partial charge >= 0.3 is 0 Å². The topological polar surface area (TPSA) is 32.3 Å². The number of aliphatic hydroxyl groups is 1. The van der Waals surface area contributed by atoms with E-state index in [9.17, 15) is 18.3 Å². The van der Waals surface area contributed by atoms with Gasteiger partial charge in [0.25, 0.3) is 0 Å². The second-order valence-electron chi connectivity index (χ2n) is 4.05. The lowest BCUT2D eigenvalue weighted by atomic mass is 10.1. The summed E-state index contributed by atoms with van der Waals surface area (Å²) < 4.78 is 39.6. The molecule has 100 valence electrons. The standard InChI is InChI=1S/C14H12F3NO/c15-10-4-1-3-9(7-10)13(19)8-18-14-11(16)5-2-6-12(14)17/h1-7,13,18-19H,8H2. The van der Waals surface area contributed by atoms with E-state index in [2.05, 4.69) is 5.32 Å². The molecular formula is C14H12F3NO. The van der Waals surface area contributed by atoms with E-state index in [0.29, 0.717) is 5.56 Å². The second kappa shape index (κ2) is 5.75. The van der Waals surface area contributed by atoms with Crippen LogP contribution in [0.1, 0.15) is 11.7 Å². The Morgan fingerprint density at radius 1 is 1.00 bits per heavy atom. The highest BCUT2D eigenvalue weighted by Crippen LogP contribution is 2.20. The zero-order valence-electron chi connectivity index (χ0n) is 9.91. The monoisotopic (exact) mass is 267 g/mol. The molecule has 2 rings (SSSR count). The van der Waals surface area contributed by atoms with E-state index in [-0.39, 0.29) is 12.2 Å². The highest BCUT2D eigenvalue weighted by molar-refractivity contribution is 5.46. The maximum absolute atomic E-state index is 13.3. The van der Waals surface area contributed by atoms with Crippen molar-refractivity contribution in [3.63, 3.8) is 0 Å². The number of hydrogen-bond acceptors (Lipinski definition) is 2. The fourth-order valence-electron chi connectivity index (χ4n) is 1.70. The summed E-state index contributed by atoms with van der Waals surface area (Å²) in [6.45, 7) is -0.124. The number of aliphatic hydroxyl groups excluding tert-OH is 1. The number of nitrogens with one attached hydrogen (secondary N) is 1. The molecule has 19 heavy (non-hydrogen) atoms. The minimum atomic E-state index is -1.06. The molecule has 2 nitrogen and oxygen atoms in total. The van der Waals surface area contributed by atoms with Crippen LogP contribution in [0.25, 0.3) is 0 Å². The molecule has 5 heteroatoms. The third-order valence-electron chi connectivity index (χ3n) is 2.67. The predicted octanol–water partition coefficient (Wildman–Crippen LogP) is 3.25. The Kier molecular flexibility index (Phi) is 4.06. The molecule has 2 N–H and O–H groups in total. The molecule has 0 bridgehead atoms. The lowest BCUT2D eigenvalue weighted by Crippen LogP contribution is -2.14. The van der Waals surface area contributed by atoms with Gasteiger partial charge in [-0.15, -0.1) is 0 Å². The van der Waals surface area contributed by atoms with Crippen molar-refractivity contribution in [1.29, 1.82) is 0 Å². The summed E-state index contributed by atoms with van der Waals surface area (Å²) in [4.78, 5) is 0. The number of rotatable bonds is 4. The molecule has 2 aromatic rings. The molecule has 0 heterocycles. The molecule has 2 aromatic carbocycles. The van der Waals surface area contributed by atoms with E-state index in [1.165, 1.54) is 30.3 Å². The molecule has 0 radical (unpaired) electrons. The first kappa shape index (κ1) is 13.4. The van der Waals surface area contributed by atoms with Crippen LogP contribution in [0.2, 0.25) is 0 Å². The van der Waals surface area contributed by atoms with Gasteiger partial charge in [-0.1, -0.05) is 18.2 Å². The summed E-state index contributed by atoms with van der Waals surface area (Å²) in [7, 11) is 0. The molecule has 0 aliphatic rings. The summed E-state index contributed by atoms with van der Waals surface area (Å²) >= 11 is 0. The summed E-state index contributed by atoms with van der Waals surface area (Å²) in [6.07, 6.45) is -1.06. The first-order chi connectivity index (χ1) is 9.08. The highest BCUT2D eigenvalue weighted by atomic mass is 19.1. The zero-order valence-corrected chi connectivity index (χ0v) is 9.91. The van der Waals surface area contributed by atoms with Crippen molar-refractivity contribution in [1.82, 2.24) is 0 Å². The van der Waals surface area contributed by atoms with Gasteiger partial charge in [0.15, 0.2) is 0 Å². The molecule has 0 aromatic heterocycles. The lowest BCUT2D eigenvalue weighted by molar-refractivity contribution is 0.191. The number of anilines is 1. The van der Waals surface area contributed by atoms with Crippen molar-refractivity contribution in [3.05, 3.63) is 65.5 Å². The lowest BCUT2D eigenvalue weighted by Gasteiger charge is -2.14. The van der Waals surface area contributed by atoms with Crippen LogP contribution in [-0.4, -0.2) is 11.7 Å². The van der Waals surface area contributed by atoms with Crippen LogP contribution in [0.5, 0.6) is 0 Å². The number of para-hydroxylation sites is 1. The molecule has 0 amide bonds. The summed E-state index contributed by atoms with van der Waals surface area (Å²) in [5.74, 6) is -1.97. The Balaban J connectivity index is 2.06. The van der Waals surface area contributed by atoms with Gasteiger partial charge in [-0.2, -0.15) is 0 Å². The average Bonchev–Trinajstić information content (AvgIpc) is 2.38. The van der Waals surface area contributed by atoms with Crippen molar-refractivity contribution < 1.29 is 18.3 Å². The van der Waals surface area contributed by atoms with Crippen molar-refractivity contribution in [2.24, 2.45) is 0 Å². The Bertz CT molecular complexity index is 554. The van der Waals surface area contributed by atoms with Gasteiger partial charge in [-0.05, 0) is 29.8 Å². The van der Waals surface area contributed by atoms with Gasteiger partial charge in [0, 0.05) is 6.54 Å². The van der Waals surface area contributed by atoms with Crippen molar-refractivity contribution >= 4 is 5.69 Å². The maximum Gasteiger partial charge on any atom is 0.149 e. The molecule has 1 atom stereocenters. The number of benzene rings is 2. The second-order valence-corrected chi connectivity index (χ2v) is 4.05. The Morgan fingerprint density at radius 2 is 1.63 bits per heavy atom. The van der Waals surface area contributed by atoms with Crippen LogP contribution in [0.15, 0.2) is 42.5 Å². The van der Waals surface area contributed by atoms with Gasteiger partial charge in [0.05, 0.1) is 6.10 Å². The van der Waals surface area contributed by atoms with Gasteiger partial charge in [-0.25, -0.2) is 13.2 Å². The fraction of sp³-hybridized carbons (Fsp3) is 0.143. The summed E-state index contributed by atoms with van der Waals surface area (Å²) in [5, 5.41) is 12.3. The van der Waals surface area contributed by atoms with Gasteiger partial charge in [-0.3, -0.25) is 0 Å². The van der Waals surface area contributed by atoms with Gasteiger partial charge < -0.3 is 10.4 Å². The van der Waals surface area contributed by atoms with Gasteiger partial charge in [0.2, 0.25) is 0 Å². The SMILES string of the molecule is OC(CNc1c(F)cccc1F)c1cccc(F)c1. The molecule has 0 saturated heterocycles. The molecule has 0 aliphatic heterocycles. The van der Waals surface area contributed by atoms with Crippen LogP contribution < -0.4 is 5.32 Å². The highest BCUT2D eigenvalue weighted by Gasteiger charge is 2.12. The normalized spacial score (nSPS) is 12.2. The Labute approximate surface area is 108 Å². The van der Waals surface area contributed by atoms with E-state index >= 15 is 0 Å². The molecule has 0 spiro atoms. The smallest absolute Gasteiger partial charge is 0.149 e. The Hall–Kier alpha value is -2.01. The third kappa shape index (κ3) is 3.26. The van der Waals surface area contributed by atoms with Crippen LogP contribution in [0.4, 0.5) is 18.9 Å². The molecule has 0 saturated carbocycles. The quantitative estimate of drug-likeness (QED) is 0.891. The summed E-state index contributed by atoms with van der Waals surface area (Å²) in [6, 6.07) is 8.88. The Morgan fingerprint density at radius 3 is 2.26 bits per heavy atom. The van der Waals surface area contributed by atoms with E-state index in [1.54, 1.807) is 0 Å². The van der Waals surface area contributed by atoms with Crippen LogP contribution >= 0.6 is 0 Å². The van der Waals surface area contributed by atoms with Crippen LogP contribution in [0.3, 0.4) is 0 Å². The van der Waals surface area contributed by atoms with Crippen molar-refractivity contribution in [2.45, 2.75) is 6.10 Å². The minimum absolute atomic E-state index is 0.124. The minimum Gasteiger partial charge on any atom is -0.387 e. The zero-order chi connectivity index (χ0) is 13.8. The van der Waals surface area contributed by atoms with E-state index in [1.807, 2.05) is 0 Å². The average molecular weight is 267 g/mol. The number of halogens is 3. The molecule has 0 fully saturated rings. The first-order valence-electron chi connectivity index (χ1n) is 5.69. The van der Waals surface area contributed by atoms with Crippen molar-refractivity contribution in [2.75, 3.05) is 11.9 Å². The van der Waals surface area contributed by atoms with E-state index in [0.717, 1.165) is 12.1 Å². The van der Waals surface area contributed by atoms with E-state index in [4.69, 9.17) is 0 Å². The van der Waals surface area contributed by atoms with Crippen LogP contribution in [-0.2, 0) is 0 Å². The third-order valence-corrected chi connectivity index (χ3v) is 2.67.